The Hall–Kier alpha value is -0.980. The summed E-state index contributed by atoms with van der Waals surface area (Å²) in [5.41, 5.74) is 0.329. The third-order valence-electron chi connectivity index (χ3n) is 2.45. The van der Waals surface area contributed by atoms with Crippen molar-refractivity contribution in [2.24, 2.45) is 0 Å². The lowest BCUT2D eigenvalue weighted by Gasteiger charge is -2.14. The van der Waals surface area contributed by atoms with Gasteiger partial charge in [0.15, 0.2) is 9.84 Å². The molecule has 0 amide bonds. The number of sulfone groups is 1. The van der Waals surface area contributed by atoms with Gasteiger partial charge in [-0.2, -0.15) is 0 Å². The largest absolute Gasteiger partial charge is 0.387 e. The number of nitrogens with one attached hydrogen (secondary N) is 1. The normalized spacial score (nSPS) is 13.7. The second-order valence-corrected chi connectivity index (χ2v) is 5.97. The molecule has 1 rings (SSSR count). The van der Waals surface area contributed by atoms with Gasteiger partial charge in [-0.1, -0.05) is 0 Å². The highest BCUT2D eigenvalue weighted by atomic mass is 32.2. The number of hydrogen-bond donors (Lipinski definition) is 2. The van der Waals surface area contributed by atoms with Crippen molar-refractivity contribution in [2.45, 2.75) is 17.9 Å². The summed E-state index contributed by atoms with van der Waals surface area (Å²) in [4.78, 5) is 0.0454. The van der Waals surface area contributed by atoms with Crippen LogP contribution in [0.5, 0.6) is 0 Å². The lowest BCUT2D eigenvalue weighted by molar-refractivity contribution is 0.172. The quantitative estimate of drug-likeness (QED) is 0.786. The number of benzene rings is 1. The van der Waals surface area contributed by atoms with Gasteiger partial charge >= 0.3 is 0 Å². The predicted molar refractivity (Wildman–Crippen MR) is 63.1 cm³/mol. The van der Waals surface area contributed by atoms with Crippen LogP contribution in [-0.2, 0) is 9.84 Å². The molecule has 0 bridgehead atoms. The van der Waals surface area contributed by atoms with Crippen LogP contribution in [0.1, 0.15) is 17.2 Å². The minimum Gasteiger partial charge on any atom is -0.387 e. The van der Waals surface area contributed by atoms with Crippen molar-refractivity contribution in [1.82, 2.24) is 5.32 Å². The van der Waals surface area contributed by atoms with Crippen molar-refractivity contribution < 1.29 is 17.9 Å². The Morgan fingerprint density at radius 3 is 2.53 bits per heavy atom. The number of rotatable bonds is 4. The molecule has 96 valence electrons. The molecule has 1 unspecified atom stereocenters. The van der Waals surface area contributed by atoms with Crippen molar-refractivity contribution in [1.29, 1.82) is 0 Å². The molecule has 4 nitrogen and oxygen atoms in total. The number of aliphatic hydroxyl groups excluding tert-OH is 1. The highest BCUT2D eigenvalue weighted by Crippen LogP contribution is 2.24. The zero-order valence-electron chi connectivity index (χ0n) is 9.99. The Labute approximate surface area is 100 Å². The average molecular weight is 261 g/mol. The Balaban J connectivity index is 3.34. The van der Waals surface area contributed by atoms with Crippen LogP contribution < -0.4 is 5.32 Å². The molecule has 1 atom stereocenters. The summed E-state index contributed by atoms with van der Waals surface area (Å²) in [6.07, 6.45) is -0.0114. The second-order valence-electron chi connectivity index (χ2n) is 3.98. The lowest BCUT2D eigenvalue weighted by Crippen LogP contribution is -2.18. The summed E-state index contributed by atoms with van der Waals surface area (Å²) in [5.74, 6) is -0.599. The number of aliphatic hydroxyl groups is 1. The van der Waals surface area contributed by atoms with Crippen molar-refractivity contribution >= 4 is 9.84 Å². The van der Waals surface area contributed by atoms with E-state index < -0.39 is 21.8 Å². The summed E-state index contributed by atoms with van der Waals surface area (Å²) in [6, 6.07) is 2.33. The number of likely N-dealkylation sites (N-methyl/N-ethyl adjacent to an activating group) is 1. The highest BCUT2D eigenvalue weighted by molar-refractivity contribution is 7.90. The summed E-state index contributed by atoms with van der Waals surface area (Å²) in [6.45, 7) is 1.68. The van der Waals surface area contributed by atoms with Crippen LogP contribution in [0.15, 0.2) is 17.0 Å². The van der Waals surface area contributed by atoms with E-state index in [0.29, 0.717) is 5.56 Å². The fourth-order valence-corrected chi connectivity index (χ4v) is 2.61. The molecular formula is C11H16FNO3S. The molecule has 1 aromatic carbocycles. The van der Waals surface area contributed by atoms with E-state index in [0.717, 1.165) is 12.3 Å². The first-order chi connectivity index (χ1) is 7.77. The van der Waals surface area contributed by atoms with E-state index in [1.54, 1.807) is 7.05 Å². The molecule has 0 aliphatic carbocycles. The first-order valence-electron chi connectivity index (χ1n) is 5.10. The number of halogens is 1. The summed E-state index contributed by atoms with van der Waals surface area (Å²) in [7, 11) is -1.80. The van der Waals surface area contributed by atoms with E-state index in [4.69, 9.17) is 0 Å². The molecule has 17 heavy (non-hydrogen) atoms. The van der Waals surface area contributed by atoms with Crippen molar-refractivity contribution in [2.75, 3.05) is 19.8 Å². The van der Waals surface area contributed by atoms with Crippen molar-refractivity contribution in [3.05, 3.63) is 29.1 Å². The maximum Gasteiger partial charge on any atom is 0.175 e. The molecule has 2 N–H and O–H groups in total. The van der Waals surface area contributed by atoms with Crippen molar-refractivity contribution in [3.63, 3.8) is 0 Å². The Bertz CT molecular complexity index is 514. The molecule has 0 heterocycles. The van der Waals surface area contributed by atoms with Gasteiger partial charge < -0.3 is 10.4 Å². The van der Waals surface area contributed by atoms with Crippen LogP contribution in [-0.4, -0.2) is 33.4 Å². The lowest BCUT2D eigenvalue weighted by atomic mass is 10.1. The zero-order valence-corrected chi connectivity index (χ0v) is 10.8. The fraction of sp³-hybridized carbons (Fsp3) is 0.455. The maximum atomic E-state index is 13.6. The predicted octanol–water partition coefficient (Wildman–Crippen LogP) is 0.790. The van der Waals surface area contributed by atoms with Crippen LogP contribution in [0.2, 0.25) is 0 Å². The third kappa shape index (κ3) is 3.24. The fourth-order valence-electron chi connectivity index (χ4n) is 1.63. The minimum absolute atomic E-state index is 0.00891. The SMILES string of the molecule is CNCC(O)c1cc(S(C)(=O)=O)c(C)cc1F. The van der Waals surface area contributed by atoms with Crippen LogP contribution in [0.4, 0.5) is 4.39 Å². The van der Waals surface area contributed by atoms with Gasteiger partial charge in [0.05, 0.1) is 11.0 Å². The molecule has 0 aliphatic heterocycles. The standard InChI is InChI=1S/C11H16FNO3S/c1-7-4-9(12)8(10(14)6-13-2)5-11(7)17(3,15)16/h4-5,10,13-14H,6H2,1-3H3. The summed E-state index contributed by atoms with van der Waals surface area (Å²) < 4.78 is 36.6. The second kappa shape index (κ2) is 5.12. The molecule has 1 aromatic rings. The van der Waals surface area contributed by atoms with Gasteiger partial charge in [0.2, 0.25) is 0 Å². The highest BCUT2D eigenvalue weighted by Gasteiger charge is 2.18. The Kier molecular flexibility index (Phi) is 4.24. The van der Waals surface area contributed by atoms with E-state index in [1.807, 2.05) is 0 Å². The van der Waals surface area contributed by atoms with E-state index in [-0.39, 0.29) is 17.0 Å². The smallest absolute Gasteiger partial charge is 0.175 e. The third-order valence-corrected chi connectivity index (χ3v) is 3.69. The first-order valence-corrected chi connectivity index (χ1v) is 6.99. The monoisotopic (exact) mass is 261 g/mol. The van der Waals surface area contributed by atoms with E-state index >= 15 is 0 Å². The van der Waals surface area contributed by atoms with Gasteiger partial charge in [-0.25, -0.2) is 12.8 Å². The van der Waals surface area contributed by atoms with Gasteiger partial charge in [-0.3, -0.25) is 0 Å². The van der Waals surface area contributed by atoms with Gasteiger partial charge in [0, 0.05) is 18.4 Å². The summed E-state index contributed by atoms with van der Waals surface area (Å²) >= 11 is 0. The first kappa shape index (κ1) is 14.1. The van der Waals surface area contributed by atoms with Gasteiger partial charge in [0.1, 0.15) is 5.82 Å². The van der Waals surface area contributed by atoms with Gasteiger partial charge in [-0.05, 0) is 31.7 Å². The topological polar surface area (TPSA) is 66.4 Å². The maximum absolute atomic E-state index is 13.6. The van der Waals surface area contributed by atoms with Gasteiger partial charge in [-0.15, -0.1) is 0 Å². The molecule has 0 aromatic heterocycles. The van der Waals surface area contributed by atoms with Crippen molar-refractivity contribution in [3.8, 4) is 0 Å². The molecule has 0 radical (unpaired) electrons. The average Bonchev–Trinajstić information content (AvgIpc) is 2.15. The van der Waals surface area contributed by atoms with E-state index in [1.165, 1.54) is 13.0 Å². The van der Waals surface area contributed by atoms with Crippen LogP contribution in [0.3, 0.4) is 0 Å². The molecule has 0 spiro atoms. The molecule has 0 fully saturated rings. The molecule has 0 saturated heterocycles. The van der Waals surface area contributed by atoms with Crippen LogP contribution in [0, 0.1) is 12.7 Å². The molecule has 6 heteroatoms. The zero-order chi connectivity index (χ0) is 13.2. The van der Waals surface area contributed by atoms with E-state index in [2.05, 4.69) is 5.32 Å². The van der Waals surface area contributed by atoms with Crippen LogP contribution in [0.25, 0.3) is 0 Å². The molecule has 0 aliphatic rings. The summed E-state index contributed by atoms with van der Waals surface area (Å²) in [5, 5.41) is 12.4. The Morgan fingerprint density at radius 2 is 2.06 bits per heavy atom. The minimum atomic E-state index is -3.42. The van der Waals surface area contributed by atoms with Crippen LogP contribution >= 0.6 is 0 Å². The molecule has 0 saturated carbocycles. The number of hydrogen-bond acceptors (Lipinski definition) is 4. The van der Waals surface area contributed by atoms with Gasteiger partial charge in [0.25, 0.3) is 0 Å². The number of aryl methyl sites for hydroxylation is 1. The Morgan fingerprint density at radius 1 is 1.47 bits per heavy atom. The molecular weight excluding hydrogens is 245 g/mol. The van der Waals surface area contributed by atoms with E-state index in [9.17, 15) is 17.9 Å².